The van der Waals surface area contributed by atoms with Gasteiger partial charge in [0.25, 0.3) is 5.91 Å². The number of halogens is 4. The summed E-state index contributed by atoms with van der Waals surface area (Å²) in [5, 5.41) is 32.8. The summed E-state index contributed by atoms with van der Waals surface area (Å²) in [6, 6.07) is 5.19. The van der Waals surface area contributed by atoms with Gasteiger partial charge in [0, 0.05) is 44.8 Å². The van der Waals surface area contributed by atoms with Crippen molar-refractivity contribution in [2.24, 2.45) is 0 Å². The topological polar surface area (TPSA) is 192 Å². The number of allylic oxidation sites excluding steroid dienone is 3. The molecule has 4 atom stereocenters. The molecule has 2 aromatic carbocycles. The minimum atomic E-state index is -4.76. The number of alkyl halides is 3. The molecular weight excluding hydrogens is 757 g/mol. The van der Waals surface area contributed by atoms with Gasteiger partial charge < -0.3 is 40.3 Å². The summed E-state index contributed by atoms with van der Waals surface area (Å²) in [7, 11) is 4.30. The second-order valence-electron chi connectivity index (χ2n) is 12.9. The minimum absolute atomic E-state index is 0.104. The van der Waals surface area contributed by atoms with Crippen LogP contribution in [0.15, 0.2) is 54.1 Å². The van der Waals surface area contributed by atoms with Gasteiger partial charge in [-0.2, -0.15) is 13.2 Å². The van der Waals surface area contributed by atoms with Gasteiger partial charge in [-0.15, -0.1) is 11.8 Å². The number of amides is 3. The number of nitrogens with zero attached hydrogens (tertiary/aromatic N) is 2. The number of nitrogens with one attached hydrogen (secondary N) is 1. The largest absolute Gasteiger partial charge is 0.495 e. The quantitative estimate of drug-likeness (QED) is 0.242. The van der Waals surface area contributed by atoms with Crippen molar-refractivity contribution in [2.75, 3.05) is 37.6 Å². The number of carbonyl (C=O) groups is 4. The molecule has 1 fully saturated rings. The zero-order valence-electron chi connectivity index (χ0n) is 30.3. The number of hydrogen-bond acceptors (Lipinski definition) is 10. The fourth-order valence-electron chi connectivity index (χ4n) is 5.44. The van der Waals surface area contributed by atoms with E-state index in [2.05, 4.69) is 5.32 Å². The Morgan fingerprint density at radius 3 is 2.56 bits per heavy atom. The third kappa shape index (κ3) is 12.0. The van der Waals surface area contributed by atoms with E-state index in [9.17, 15) is 42.6 Å². The van der Waals surface area contributed by atoms with Gasteiger partial charge in [0.1, 0.15) is 28.6 Å². The van der Waals surface area contributed by atoms with Crippen molar-refractivity contribution in [3.8, 4) is 5.75 Å². The number of likely N-dealkylation sites (N-methyl/N-ethyl adjacent to an activating group) is 1. The summed E-state index contributed by atoms with van der Waals surface area (Å²) in [5.41, 5.74) is 3.57. The van der Waals surface area contributed by atoms with E-state index in [1.54, 1.807) is 13.1 Å². The number of thioether (sulfide) groups is 1. The van der Waals surface area contributed by atoms with Crippen LogP contribution >= 0.6 is 23.4 Å². The van der Waals surface area contributed by atoms with Gasteiger partial charge in [-0.25, -0.2) is 9.59 Å². The maximum absolute atomic E-state index is 12.9. The van der Waals surface area contributed by atoms with Crippen molar-refractivity contribution in [2.45, 2.75) is 75.4 Å². The number of anilines is 2. The molecule has 13 nitrogen and oxygen atoms in total. The molecule has 0 spiro atoms. The summed E-state index contributed by atoms with van der Waals surface area (Å²) in [4.78, 5) is 49.8. The van der Waals surface area contributed by atoms with E-state index in [0.717, 1.165) is 35.2 Å². The first-order chi connectivity index (χ1) is 25.1. The number of rotatable bonds is 4. The van der Waals surface area contributed by atoms with E-state index in [1.165, 1.54) is 30.7 Å². The number of carboxylic acids is 1. The molecular formula is C36H44ClF3N4O9S. The second-order valence-corrected chi connectivity index (χ2v) is 14.4. The molecule has 0 saturated carbocycles. The van der Waals surface area contributed by atoms with Crippen LogP contribution < -0.4 is 20.7 Å². The maximum Gasteiger partial charge on any atom is 0.417 e. The number of benzene rings is 2. The molecule has 2 aliphatic rings. The number of hydrogen-bond donors (Lipinski definition) is 5. The molecule has 2 unspecified atom stereocenters. The van der Waals surface area contributed by atoms with Crippen LogP contribution in [0.2, 0.25) is 5.02 Å². The first kappa shape index (κ1) is 44.0. The van der Waals surface area contributed by atoms with Crippen molar-refractivity contribution in [3.63, 3.8) is 0 Å². The second kappa shape index (κ2) is 18.7. The number of aliphatic hydroxyl groups excluding tert-OH is 1. The van der Waals surface area contributed by atoms with Crippen molar-refractivity contribution >= 4 is 58.6 Å². The monoisotopic (exact) mass is 800 g/mol. The Morgan fingerprint density at radius 2 is 1.93 bits per heavy atom. The van der Waals surface area contributed by atoms with Crippen LogP contribution in [-0.2, 0) is 26.9 Å². The molecule has 6 N–H and O–H groups in total. The Bertz CT molecular complexity index is 1780. The Hall–Kier alpha value is -4.45. The molecule has 0 aliphatic carbocycles. The molecule has 1 saturated heterocycles. The molecule has 296 valence electrons. The highest BCUT2D eigenvalue weighted by Crippen LogP contribution is 2.37. The Labute approximate surface area is 319 Å². The summed E-state index contributed by atoms with van der Waals surface area (Å²) >= 11 is 7.68. The third-order valence-corrected chi connectivity index (χ3v) is 10.1. The summed E-state index contributed by atoms with van der Waals surface area (Å²) in [6.45, 7) is 3.17. The Balaban J connectivity index is 0.000000334. The lowest BCUT2D eigenvalue weighted by molar-refractivity contribution is -0.141. The van der Waals surface area contributed by atoms with E-state index in [1.807, 2.05) is 31.2 Å². The van der Waals surface area contributed by atoms with E-state index in [4.69, 9.17) is 31.9 Å². The van der Waals surface area contributed by atoms with Gasteiger partial charge in [0.05, 0.1) is 29.4 Å². The molecule has 4 bridgehead atoms. The average molecular weight is 801 g/mol. The molecule has 0 aromatic heterocycles. The van der Waals surface area contributed by atoms with Crippen LogP contribution in [0.3, 0.4) is 0 Å². The molecule has 2 aromatic rings. The van der Waals surface area contributed by atoms with Crippen LogP contribution in [0.25, 0.3) is 0 Å². The zero-order valence-corrected chi connectivity index (χ0v) is 31.8. The zero-order chi connectivity index (χ0) is 40.5. The number of ether oxygens (including phenoxy) is 2. The molecule has 3 amide bonds. The minimum Gasteiger partial charge on any atom is -0.495 e. The van der Waals surface area contributed by atoms with E-state index in [-0.39, 0.29) is 37.3 Å². The van der Waals surface area contributed by atoms with Gasteiger partial charge in [-0.1, -0.05) is 35.4 Å². The van der Waals surface area contributed by atoms with Gasteiger partial charge in [-0.3, -0.25) is 14.9 Å². The van der Waals surface area contributed by atoms with E-state index < -0.39 is 58.6 Å². The molecule has 2 aliphatic heterocycles. The Kier molecular flexibility index (Phi) is 15.2. The fraction of sp³-hybridized carbons (Fsp3) is 0.444. The lowest BCUT2D eigenvalue weighted by Gasteiger charge is -2.36. The SMILES string of the molecule is COc1cc2cc(c1Cl)N(C)C(=O)CCC(O)SCC1C[C@](O)(C/C=C/C=C(\C)C2)NC(=O)O1.C[C@@H](C(=O)O)N(C)C(=O)c1ccc(N)cc1C(F)(F)F. The van der Waals surface area contributed by atoms with Crippen LogP contribution in [0.1, 0.15) is 61.0 Å². The fourth-order valence-corrected chi connectivity index (χ4v) is 6.66. The number of nitrogens with two attached hydrogens (primary N) is 1. The normalized spacial score (nSPS) is 23.3. The average Bonchev–Trinajstić information content (AvgIpc) is 3.10. The smallest absolute Gasteiger partial charge is 0.417 e. The van der Waals surface area contributed by atoms with Crippen LogP contribution in [0, 0.1) is 0 Å². The van der Waals surface area contributed by atoms with E-state index >= 15 is 0 Å². The van der Waals surface area contributed by atoms with Gasteiger partial charge in [0.2, 0.25) is 5.91 Å². The Morgan fingerprint density at radius 1 is 1.24 bits per heavy atom. The molecule has 18 heteroatoms. The summed E-state index contributed by atoms with van der Waals surface area (Å²) in [6.07, 6.45) is 0.875. The number of aliphatic hydroxyl groups is 2. The molecule has 4 rings (SSSR count). The number of nitrogen functional groups attached to an aromatic ring is 1. The number of alkyl carbamates (subject to hydrolysis) is 1. The van der Waals surface area contributed by atoms with Crippen molar-refractivity contribution in [3.05, 3.63) is 75.8 Å². The number of carbonyl (C=O) groups excluding carboxylic acids is 3. The number of carboxylic acid groups (broad SMARTS) is 1. The lowest BCUT2D eigenvalue weighted by Crippen LogP contribution is -2.56. The van der Waals surface area contributed by atoms with Crippen LogP contribution in [-0.4, -0.2) is 94.4 Å². The molecule has 0 radical (unpaired) electrons. The van der Waals surface area contributed by atoms with Crippen LogP contribution in [0.5, 0.6) is 5.75 Å². The predicted molar refractivity (Wildman–Crippen MR) is 198 cm³/mol. The lowest BCUT2D eigenvalue weighted by atomic mass is 10.00. The van der Waals surface area contributed by atoms with Gasteiger partial charge in [-0.05, 0) is 62.6 Å². The summed E-state index contributed by atoms with van der Waals surface area (Å²) in [5.74, 6) is -1.77. The highest BCUT2D eigenvalue weighted by atomic mass is 35.5. The highest BCUT2D eigenvalue weighted by molar-refractivity contribution is 7.99. The number of methoxy groups -OCH3 is 1. The number of fused-ring (bicyclic) bond motifs is 4. The van der Waals surface area contributed by atoms with Crippen molar-refractivity contribution in [1.82, 2.24) is 10.2 Å². The first-order valence-electron chi connectivity index (χ1n) is 16.6. The van der Waals surface area contributed by atoms with Crippen LogP contribution in [0.4, 0.5) is 29.3 Å². The summed E-state index contributed by atoms with van der Waals surface area (Å²) < 4.78 is 49.3. The van der Waals surface area contributed by atoms with Crippen molar-refractivity contribution in [1.29, 1.82) is 0 Å². The molecule has 2 heterocycles. The maximum atomic E-state index is 12.9. The van der Waals surface area contributed by atoms with Crippen molar-refractivity contribution < 1.29 is 57.1 Å². The third-order valence-electron chi connectivity index (χ3n) is 8.58. The predicted octanol–water partition coefficient (Wildman–Crippen LogP) is 5.61. The van der Waals surface area contributed by atoms with E-state index in [0.29, 0.717) is 34.7 Å². The first-order valence-corrected chi connectivity index (χ1v) is 18.0. The van der Waals surface area contributed by atoms with Gasteiger partial charge in [0.15, 0.2) is 0 Å². The molecule has 54 heavy (non-hydrogen) atoms. The standard InChI is InChI=1S/C24H31ClN2O6S.C12H13F3N2O3/c1-15-6-4-5-9-24(31)13-17(33-23(30)26-24)14-34-21(29)8-7-20(28)27(2)18-11-16(10-15)12-19(32-3)22(18)25;1-6(11(19)20)17(2)10(18)8-4-3-7(16)5-9(8)12(13,14)15/h4-6,11-12,17,21,29,31H,7-10,13-14H2,1-3H3,(H,26,30);3-6H,16H2,1-2H3,(H,19,20)/b5-4+,15-6+;/t17?,21?,24-;6-/m10/s1. The van der Waals surface area contributed by atoms with Gasteiger partial charge >= 0.3 is 18.2 Å². The number of aliphatic carboxylic acids is 1. The highest BCUT2D eigenvalue weighted by Gasteiger charge is 2.39.